The van der Waals surface area contributed by atoms with Crippen molar-refractivity contribution in [2.75, 3.05) is 6.54 Å². The SMILES string of the molecule is O=C1CC(n2c(O)c(F)c(=O)[nH]c2=O)CN1. The molecule has 0 radical (unpaired) electrons. The van der Waals surface area contributed by atoms with Crippen LogP contribution in [-0.4, -0.2) is 27.1 Å². The van der Waals surface area contributed by atoms with Gasteiger partial charge in [0.1, 0.15) is 0 Å². The summed E-state index contributed by atoms with van der Waals surface area (Å²) >= 11 is 0. The Bertz CT molecular complexity index is 561. The normalized spacial score (nSPS) is 19.8. The summed E-state index contributed by atoms with van der Waals surface area (Å²) in [5, 5.41) is 11.8. The van der Waals surface area contributed by atoms with Crippen molar-refractivity contribution < 1.29 is 14.3 Å². The molecular formula is C8H8FN3O4. The molecule has 3 N–H and O–H groups in total. The molecule has 0 saturated carbocycles. The molecule has 1 aliphatic heterocycles. The van der Waals surface area contributed by atoms with Gasteiger partial charge in [0, 0.05) is 13.0 Å². The van der Waals surface area contributed by atoms with Gasteiger partial charge in [0.15, 0.2) is 0 Å². The van der Waals surface area contributed by atoms with Crippen LogP contribution in [0.15, 0.2) is 9.59 Å². The van der Waals surface area contributed by atoms with E-state index in [4.69, 9.17) is 0 Å². The lowest BCUT2D eigenvalue weighted by Crippen LogP contribution is -2.34. The molecule has 2 heterocycles. The van der Waals surface area contributed by atoms with Crippen LogP contribution in [0.3, 0.4) is 0 Å². The zero-order chi connectivity index (χ0) is 11.9. The predicted octanol–water partition coefficient (Wildman–Crippen LogP) is -1.56. The van der Waals surface area contributed by atoms with Crippen LogP contribution in [0.1, 0.15) is 12.5 Å². The molecule has 1 aromatic rings. The minimum Gasteiger partial charge on any atom is -0.492 e. The second-order valence-corrected chi connectivity index (χ2v) is 3.43. The molecule has 1 unspecified atom stereocenters. The summed E-state index contributed by atoms with van der Waals surface area (Å²) in [6, 6.07) is -0.689. The Labute approximate surface area is 87.5 Å². The predicted molar refractivity (Wildman–Crippen MR) is 49.6 cm³/mol. The monoisotopic (exact) mass is 229 g/mol. The molecule has 1 atom stereocenters. The van der Waals surface area contributed by atoms with Crippen molar-refractivity contribution in [3.63, 3.8) is 0 Å². The fourth-order valence-corrected chi connectivity index (χ4v) is 1.63. The number of H-pyrrole nitrogens is 1. The zero-order valence-corrected chi connectivity index (χ0v) is 7.99. The first kappa shape index (κ1) is 10.4. The number of aromatic hydroxyl groups is 1. The second kappa shape index (κ2) is 3.47. The maximum Gasteiger partial charge on any atom is 0.331 e. The molecule has 16 heavy (non-hydrogen) atoms. The second-order valence-electron chi connectivity index (χ2n) is 3.43. The fourth-order valence-electron chi connectivity index (χ4n) is 1.63. The Morgan fingerprint density at radius 3 is 2.62 bits per heavy atom. The average Bonchev–Trinajstić information content (AvgIpc) is 2.61. The molecule has 1 aliphatic rings. The van der Waals surface area contributed by atoms with E-state index >= 15 is 0 Å². The molecule has 7 nitrogen and oxygen atoms in total. The maximum absolute atomic E-state index is 13.1. The molecule has 0 bridgehead atoms. The molecule has 1 amide bonds. The Kier molecular flexibility index (Phi) is 2.26. The Balaban J connectivity index is 2.57. The minimum atomic E-state index is -1.43. The quantitative estimate of drug-likeness (QED) is 0.541. The van der Waals surface area contributed by atoms with E-state index in [1.54, 1.807) is 4.98 Å². The molecule has 0 spiro atoms. The lowest BCUT2D eigenvalue weighted by molar-refractivity contribution is -0.119. The van der Waals surface area contributed by atoms with Gasteiger partial charge in [0.25, 0.3) is 5.56 Å². The van der Waals surface area contributed by atoms with E-state index < -0.39 is 29.0 Å². The van der Waals surface area contributed by atoms with Gasteiger partial charge in [-0.1, -0.05) is 0 Å². The minimum absolute atomic E-state index is 0.0427. The van der Waals surface area contributed by atoms with Crippen LogP contribution in [0.4, 0.5) is 4.39 Å². The smallest absolute Gasteiger partial charge is 0.331 e. The summed E-state index contributed by atoms with van der Waals surface area (Å²) in [6.45, 7) is 0.109. The number of amides is 1. The van der Waals surface area contributed by atoms with E-state index in [1.807, 2.05) is 0 Å². The Morgan fingerprint density at radius 1 is 1.38 bits per heavy atom. The van der Waals surface area contributed by atoms with Crippen molar-refractivity contribution in [2.45, 2.75) is 12.5 Å². The van der Waals surface area contributed by atoms with Crippen LogP contribution in [0.5, 0.6) is 5.88 Å². The summed E-state index contributed by atoms with van der Waals surface area (Å²) in [5.74, 6) is -2.78. The lowest BCUT2D eigenvalue weighted by Gasteiger charge is -2.12. The van der Waals surface area contributed by atoms with E-state index in [0.29, 0.717) is 4.57 Å². The molecule has 1 saturated heterocycles. The van der Waals surface area contributed by atoms with Gasteiger partial charge < -0.3 is 10.4 Å². The molecular weight excluding hydrogens is 221 g/mol. The maximum atomic E-state index is 13.1. The number of aromatic nitrogens is 2. The van der Waals surface area contributed by atoms with E-state index in [-0.39, 0.29) is 18.9 Å². The summed E-state index contributed by atoms with van der Waals surface area (Å²) in [7, 11) is 0. The summed E-state index contributed by atoms with van der Waals surface area (Å²) < 4.78 is 13.7. The highest BCUT2D eigenvalue weighted by Gasteiger charge is 2.27. The van der Waals surface area contributed by atoms with Crippen LogP contribution in [0.2, 0.25) is 0 Å². The largest absolute Gasteiger partial charge is 0.492 e. The van der Waals surface area contributed by atoms with Gasteiger partial charge in [0.05, 0.1) is 6.04 Å². The van der Waals surface area contributed by atoms with Crippen LogP contribution >= 0.6 is 0 Å². The number of carbonyl (C=O) groups excluding carboxylic acids is 1. The van der Waals surface area contributed by atoms with Gasteiger partial charge in [-0.05, 0) is 0 Å². The Hall–Kier alpha value is -2.12. The third kappa shape index (κ3) is 1.47. The zero-order valence-electron chi connectivity index (χ0n) is 7.99. The summed E-state index contributed by atoms with van der Waals surface area (Å²) in [4.78, 5) is 34.8. The number of aromatic amines is 1. The lowest BCUT2D eigenvalue weighted by atomic mass is 10.2. The van der Waals surface area contributed by atoms with Crippen molar-refractivity contribution in [3.8, 4) is 5.88 Å². The topological polar surface area (TPSA) is 104 Å². The molecule has 8 heteroatoms. The van der Waals surface area contributed by atoms with Gasteiger partial charge >= 0.3 is 5.69 Å². The number of hydrogen-bond acceptors (Lipinski definition) is 4. The summed E-state index contributed by atoms with van der Waals surface area (Å²) in [5.41, 5.74) is -2.22. The van der Waals surface area contributed by atoms with Gasteiger partial charge in [-0.25, -0.2) is 4.79 Å². The van der Waals surface area contributed by atoms with Crippen molar-refractivity contribution in [1.82, 2.24) is 14.9 Å². The molecule has 2 rings (SSSR count). The number of nitrogens with zero attached hydrogens (tertiary/aromatic N) is 1. The standard InChI is InChI=1S/C8H8FN3O4/c9-5-6(14)11-8(16)12(7(5)15)3-1-4(13)10-2-3/h3,15H,1-2H2,(H,10,13)(H,11,14,16). The number of halogens is 1. The third-order valence-electron chi connectivity index (χ3n) is 2.38. The molecule has 0 aromatic carbocycles. The van der Waals surface area contributed by atoms with E-state index in [9.17, 15) is 23.9 Å². The van der Waals surface area contributed by atoms with Crippen LogP contribution in [-0.2, 0) is 4.79 Å². The van der Waals surface area contributed by atoms with Gasteiger partial charge in [-0.15, -0.1) is 0 Å². The number of nitrogens with one attached hydrogen (secondary N) is 2. The first-order chi connectivity index (χ1) is 7.50. The number of carbonyl (C=O) groups is 1. The first-order valence-electron chi connectivity index (χ1n) is 4.50. The highest BCUT2D eigenvalue weighted by molar-refractivity contribution is 5.78. The third-order valence-corrected chi connectivity index (χ3v) is 2.38. The molecule has 1 fully saturated rings. The number of rotatable bonds is 1. The van der Waals surface area contributed by atoms with E-state index in [2.05, 4.69) is 5.32 Å². The van der Waals surface area contributed by atoms with Gasteiger partial charge in [0.2, 0.25) is 17.6 Å². The number of hydrogen-bond donors (Lipinski definition) is 3. The first-order valence-corrected chi connectivity index (χ1v) is 4.50. The van der Waals surface area contributed by atoms with E-state index in [0.717, 1.165) is 0 Å². The molecule has 86 valence electrons. The van der Waals surface area contributed by atoms with Crippen molar-refractivity contribution in [2.24, 2.45) is 0 Å². The van der Waals surface area contributed by atoms with E-state index in [1.165, 1.54) is 0 Å². The van der Waals surface area contributed by atoms with Crippen LogP contribution in [0.25, 0.3) is 0 Å². The van der Waals surface area contributed by atoms with Crippen LogP contribution < -0.4 is 16.6 Å². The van der Waals surface area contributed by atoms with Gasteiger partial charge in [-0.3, -0.25) is 19.1 Å². The van der Waals surface area contributed by atoms with Crippen molar-refractivity contribution in [1.29, 1.82) is 0 Å². The average molecular weight is 229 g/mol. The van der Waals surface area contributed by atoms with Crippen LogP contribution in [0, 0.1) is 5.82 Å². The highest BCUT2D eigenvalue weighted by Crippen LogP contribution is 2.19. The van der Waals surface area contributed by atoms with Crippen molar-refractivity contribution in [3.05, 3.63) is 26.7 Å². The Morgan fingerprint density at radius 2 is 2.06 bits per heavy atom. The van der Waals surface area contributed by atoms with Gasteiger partial charge in [-0.2, -0.15) is 4.39 Å². The molecule has 1 aromatic heterocycles. The fraction of sp³-hybridized carbons (Fsp3) is 0.375. The van der Waals surface area contributed by atoms with Crippen molar-refractivity contribution >= 4 is 5.91 Å². The summed E-state index contributed by atoms with van der Waals surface area (Å²) in [6.07, 6.45) is -0.0427. The molecule has 0 aliphatic carbocycles. The highest BCUT2D eigenvalue weighted by atomic mass is 19.1.